The van der Waals surface area contributed by atoms with E-state index in [0.29, 0.717) is 17.1 Å². The molecular formula is C21H32N8O6S. The van der Waals surface area contributed by atoms with E-state index in [-0.39, 0.29) is 19.3 Å². The second-order valence-electron chi connectivity index (χ2n) is 8.13. The zero-order valence-electron chi connectivity index (χ0n) is 19.9. The van der Waals surface area contributed by atoms with Crippen molar-refractivity contribution >= 4 is 35.5 Å². The lowest BCUT2D eigenvalue weighted by molar-refractivity contribution is -0.142. The fraction of sp³-hybridized carbons (Fsp3) is 0.524. The van der Waals surface area contributed by atoms with Crippen LogP contribution < -0.4 is 21.7 Å². The van der Waals surface area contributed by atoms with Crippen LogP contribution in [0.4, 0.5) is 0 Å². The zero-order valence-corrected chi connectivity index (χ0v) is 20.7. The number of nitrogens with two attached hydrogens (primary N) is 1. The number of carbonyl (C=O) groups is 4. The van der Waals surface area contributed by atoms with E-state index >= 15 is 0 Å². The summed E-state index contributed by atoms with van der Waals surface area (Å²) in [7, 11) is 0. The number of amides is 3. The zero-order chi connectivity index (χ0) is 26.7. The highest BCUT2D eigenvalue weighted by Gasteiger charge is 2.31. The molecular weight excluding hydrogens is 492 g/mol. The third-order valence-corrected chi connectivity index (χ3v) is 5.92. The van der Waals surface area contributed by atoms with E-state index in [0.717, 1.165) is 0 Å². The molecule has 0 spiro atoms. The maximum Gasteiger partial charge on any atom is 0.326 e. The molecule has 0 radical (unpaired) electrons. The average molecular weight is 525 g/mol. The van der Waals surface area contributed by atoms with Crippen molar-refractivity contribution in [3.05, 3.63) is 36.4 Å². The van der Waals surface area contributed by atoms with Crippen LogP contribution in [-0.4, -0.2) is 96.1 Å². The minimum absolute atomic E-state index is 0.0124. The molecule has 0 aliphatic heterocycles. The Morgan fingerprint density at radius 2 is 1.44 bits per heavy atom. The number of nitrogens with one attached hydrogen (secondary N) is 5. The molecule has 5 atom stereocenters. The average Bonchev–Trinajstić information content (AvgIpc) is 3.54. The number of aromatic amines is 2. The van der Waals surface area contributed by atoms with Gasteiger partial charge in [-0.3, -0.25) is 14.4 Å². The Balaban J connectivity index is 2.16. The van der Waals surface area contributed by atoms with E-state index in [2.05, 4.69) is 35.9 Å². The van der Waals surface area contributed by atoms with Crippen molar-refractivity contribution in [3.8, 4) is 0 Å². The van der Waals surface area contributed by atoms with Gasteiger partial charge in [0.25, 0.3) is 0 Å². The standard InChI is InChI=1S/C21H32N8O6S/c1-11(30)17(22)20(33)28-15(5-12-7-23-9-25-12)19(32)27-14(3-4-36-2)18(31)29-16(21(34)35)6-13-8-24-10-26-13/h7-11,14-17,30H,3-6,22H2,1-2H3,(H,23,25)(H,24,26)(H,27,32)(H,28,33)(H,29,31)(H,34,35). The summed E-state index contributed by atoms with van der Waals surface area (Å²) in [5.74, 6) is -2.86. The van der Waals surface area contributed by atoms with E-state index in [9.17, 15) is 29.4 Å². The number of carboxylic acids is 1. The molecule has 198 valence electrons. The molecule has 0 bridgehead atoms. The van der Waals surface area contributed by atoms with Gasteiger partial charge in [-0.1, -0.05) is 0 Å². The van der Waals surface area contributed by atoms with Crippen LogP contribution in [0.1, 0.15) is 24.7 Å². The Morgan fingerprint density at radius 3 is 1.92 bits per heavy atom. The van der Waals surface area contributed by atoms with Crippen LogP contribution in [0.5, 0.6) is 0 Å². The van der Waals surface area contributed by atoms with Crippen molar-refractivity contribution in [3.63, 3.8) is 0 Å². The number of aliphatic hydroxyl groups is 1. The van der Waals surface area contributed by atoms with Gasteiger partial charge < -0.3 is 41.9 Å². The van der Waals surface area contributed by atoms with Crippen LogP contribution in [0, 0.1) is 0 Å². The predicted molar refractivity (Wildman–Crippen MR) is 131 cm³/mol. The first-order valence-electron chi connectivity index (χ1n) is 11.1. The predicted octanol–water partition coefficient (Wildman–Crippen LogP) is -2.08. The van der Waals surface area contributed by atoms with Gasteiger partial charge in [-0.2, -0.15) is 11.8 Å². The number of thioether (sulfide) groups is 1. The second kappa shape index (κ2) is 14.2. The van der Waals surface area contributed by atoms with Crippen molar-refractivity contribution in [2.24, 2.45) is 5.73 Å². The van der Waals surface area contributed by atoms with Gasteiger partial charge in [0.2, 0.25) is 17.7 Å². The van der Waals surface area contributed by atoms with E-state index in [1.807, 2.05) is 6.26 Å². The molecule has 3 amide bonds. The Bertz CT molecular complexity index is 985. The minimum atomic E-state index is -1.27. The number of carbonyl (C=O) groups excluding carboxylic acids is 3. The molecule has 5 unspecified atom stereocenters. The smallest absolute Gasteiger partial charge is 0.326 e. The number of H-pyrrole nitrogens is 2. The quantitative estimate of drug-likeness (QED) is 0.127. The molecule has 9 N–H and O–H groups in total. The number of aromatic nitrogens is 4. The van der Waals surface area contributed by atoms with Crippen LogP contribution in [0.25, 0.3) is 0 Å². The second-order valence-corrected chi connectivity index (χ2v) is 9.12. The van der Waals surface area contributed by atoms with Gasteiger partial charge in [0.05, 0.1) is 18.8 Å². The van der Waals surface area contributed by atoms with E-state index < -0.39 is 54.0 Å². The van der Waals surface area contributed by atoms with Gasteiger partial charge >= 0.3 is 5.97 Å². The Labute approximate surface area is 211 Å². The molecule has 2 aromatic rings. The summed E-state index contributed by atoms with van der Waals surface area (Å²) in [6.07, 6.45) is 6.62. The first-order valence-corrected chi connectivity index (χ1v) is 12.5. The number of nitrogens with zero attached hydrogens (tertiary/aromatic N) is 2. The summed E-state index contributed by atoms with van der Waals surface area (Å²) >= 11 is 1.45. The molecule has 2 aromatic heterocycles. The number of carboxylic acid groups (broad SMARTS) is 1. The lowest BCUT2D eigenvalue weighted by Gasteiger charge is -2.25. The van der Waals surface area contributed by atoms with Crippen LogP contribution >= 0.6 is 11.8 Å². The lowest BCUT2D eigenvalue weighted by Crippen LogP contribution is -2.58. The Kier molecular flexibility index (Phi) is 11.4. The highest BCUT2D eigenvalue weighted by atomic mass is 32.2. The summed E-state index contributed by atoms with van der Waals surface area (Å²) in [6.45, 7) is 1.35. The first-order chi connectivity index (χ1) is 17.1. The summed E-state index contributed by atoms with van der Waals surface area (Å²) in [6, 6.07) is -4.74. The van der Waals surface area contributed by atoms with E-state index in [1.165, 1.54) is 43.7 Å². The number of aliphatic hydroxyl groups excluding tert-OH is 1. The molecule has 2 rings (SSSR count). The topological polar surface area (TPSA) is 228 Å². The largest absolute Gasteiger partial charge is 0.480 e. The van der Waals surface area contributed by atoms with Gasteiger partial charge in [-0.05, 0) is 25.4 Å². The van der Waals surface area contributed by atoms with Gasteiger partial charge in [0.1, 0.15) is 24.2 Å². The van der Waals surface area contributed by atoms with Crippen LogP contribution in [0.2, 0.25) is 0 Å². The fourth-order valence-corrected chi connectivity index (χ4v) is 3.65. The number of hydrogen-bond donors (Lipinski definition) is 8. The normalized spacial score (nSPS) is 15.2. The van der Waals surface area contributed by atoms with Gasteiger partial charge in [-0.15, -0.1) is 0 Å². The van der Waals surface area contributed by atoms with Crippen molar-refractivity contribution in [2.75, 3.05) is 12.0 Å². The first kappa shape index (κ1) is 28.8. The van der Waals surface area contributed by atoms with Crippen molar-refractivity contribution in [2.45, 2.75) is 56.5 Å². The van der Waals surface area contributed by atoms with Gasteiger partial charge in [0.15, 0.2) is 0 Å². The third-order valence-electron chi connectivity index (χ3n) is 5.27. The van der Waals surface area contributed by atoms with Crippen molar-refractivity contribution < 1.29 is 29.4 Å². The molecule has 2 heterocycles. The summed E-state index contributed by atoms with van der Waals surface area (Å²) < 4.78 is 0. The summed E-state index contributed by atoms with van der Waals surface area (Å²) in [5, 5.41) is 26.8. The maximum atomic E-state index is 13.2. The molecule has 14 nitrogen and oxygen atoms in total. The highest BCUT2D eigenvalue weighted by molar-refractivity contribution is 7.98. The number of rotatable bonds is 15. The molecule has 0 aliphatic carbocycles. The SMILES string of the molecule is CSCCC(NC(=O)C(Cc1cnc[nH]1)NC(=O)C(N)C(C)O)C(=O)NC(Cc1cnc[nH]1)C(=O)O. The van der Waals surface area contributed by atoms with Crippen LogP contribution in [0.3, 0.4) is 0 Å². The van der Waals surface area contributed by atoms with Crippen LogP contribution in [-0.2, 0) is 32.0 Å². The van der Waals surface area contributed by atoms with E-state index in [1.54, 1.807) is 0 Å². The number of imidazole rings is 2. The Morgan fingerprint density at radius 1 is 0.944 bits per heavy atom. The summed E-state index contributed by atoms with van der Waals surface area (Å²) in [4.78, 5) is 63.7. The summed E-state index contributed by atoms with van der Waals surface area (Å²) in [5.41, 5.74) is 6.75. The number of hydrogen-bond acceptors (Lipinski definition) is 9. The number of aliphatic carboxylic acids is 1. The highest BCUT2D eigenvalue weighted by Crippen LogP contribution is 2.07. The lowest BCUT2D eigenvalue weighted by atomic mass is 10.1. The van der Waals surface area contributed by atoms with Gasteiger partial charge in [-0.25, -0.2) is 14.8 Å². The molecule has 0 aromatic carbocycles. The third kappa shape index (κ3) is 8.98. The fourth-order valence-electron chi connectivity index (χ4n) is 3.18. The monoisotopic (exact) mass is 524 g/mol. The van der Waals surface area contributed by atoms with Crippen molar-refractivity contribution in [1.29, 1.82) is 0 Å². The molecule has 36 heavy (non-hydrogen) atoms. The maximum absolute atomic E-state index is 13.2. The van der Waals surface area contributed by atoms with Crippen molar-refractivity contribution in [1.82, 2.24) is 35.9 Å². The molecule has 0 aliphatic rings. The van der Waals surface area contributed by atoms with Gasteiger partial charge in [0, 0.05) is 36.6 Å². The Hall–Kier alpha value is -3.43. The molecule has 0 fully saturated rings. The van der Waals surface area contributed by atoms with Crippen LogP contribution in [0.15, 0.2) is 25.0 Å². The molecule has 0 saturated heterocycles. The van der Waals surface area contributed by atoms with E-state index in [4.69, 9.17) is 5.73 Å². The minimum Gasteiger partial charge on any atom is -0.480 e. The molecule has 15 heteroatoms. The molecule has 0 saturated carbocycles.